The summed E-state index contributed by atoms with van der Waals surface area (Å²) < 4.78 is 1.11. The van der Waals surface area contributed by atoms with E-state index in [4.69, 9.17) is 0 Å². The number of halogens is 1. The van der Waals surface area contributed by atoms with Crippen molar-refractivity contribution >= 4 is 22.0 Å². The van der Waals surface area contributed by atoms with Crippen LogP contribution in [0, 0.1) is 0 Å². The van der Waals surface area contributed by atoms with Gasteiger partial charge in [0.15, 0.2) is 0 Å². The predicted molar refractivity (Wildman–Crippen MR) is 58.0 cm³/mol. The molecule has 0 aliphatic rings. The topological polar surface area (TPSA) is 0 Å². The molecule has 0 nitrogen and oxygen atoms in total. The molecule has 0 aliphatic heterocycles. The second-order valence-corrected chi connectivity index (χ2v) is 3.65. The van der Waals surface area contributed by atoms with E-state index < -0.39 is 0 Å². The highest BCUT2D eigenvalue weighted by molar-refractivity contribution is 9.10. The molecule has 1 aromatic carbocycles. The largest absolute Gasteiger partial charge is 0.0961 e. The highest BCUT2D eigenvalue weighted by atomic mass is 79.9. The van der Waals surface area contributed by atoms with Crippen molar-refractivity contribution in [2.75, 3.05) is 0 Å². The van der Waals surface area contributed by atoms with Crippen LogP contribution < -0.4 is 0 Å². The molecule has 0 spiro atoms. The lowest BCUT2D eigenvalue weighted by Crippen LogP contribution is -1.70. The molecule has 0 N–H and O–H groups in total. The Bertz CT molecular complexity index is 293. The first-order valence-corrected chi connectivity index (χ1v) is 4.57. The van der Waals surface area contributed by atoms with Gasteiger partial charge in [0.1, 0.15) is 0 Å². The first kappa shape index (κ1) is 9.27. The Morgan fingerprint density at radius 3 is 2.42 bits per heavy atom. The van der Waals surface area contributed by atoms with Gasteiger partial charge in [-0.1, -0.05) is 52.4 Å². The monoisotopic (exact) mass is 222 g/mol. The minimum absolute atomic E-state index is 1.07. The second-order valence-electron chi connectivity index (χ2n) is 2.73. The fourth-order valence-corrected chi connectivity index (χ4v) is 1.08. The molecule has 0 amide bonds. The Kier molecular flexibility index (Phi) is 3.30. The standard InChI is InChI=1S/C11H11Br/c1-9(2)3-4-10-5-7-11(12)8-6-10/h3-8H,1H2,2H3/b4-3+. The summed E-state index contributed by atoms with van der Waals surface area (Å²) in [4.78, 5) is 0. The van der Waals surface area contributed by atoms with E-state index in [1.54, 1.807) is 0 Å². The van der Waals surface area contributed by atoms with Crippen molar-refractivity contribution in [3.63, 3.8) is 0 Å². The van der Waals surface area contributed by atoms with E-state index in [9.17, 15) is 0 Å². The van der Waals surface area contributed by atoms with Crippen molar-refractivity contribution in [2.45, 2.75) is 6.92 Å². The van der Waals surface area contributed by atoms with Gasteiger partial charge in [-0.3, -0.25) is 0 Å². The van der Waals surface area contributed by atoms with Gasteiger partial charge in [-0.15, -0.1) is 0 Å². The summed E-state index contributed by atoms with van der Waals surface area (Å²) in [6.07, 6.45) is 4.05. The summed E-state index contributed by atoms with van der Waals surface area (Å²) in [5.41, 5.74) is 2.26. The Balaban J connectivity index is 2.77. The van der Waals surface area contributed by atoms with Crippen LogP contribution in [0.2, 0.25) is 0 Å². The van der Waals surface area contributed by atoms with Crippen LogP contribution in [0.15, 0.2) is 47.0 Å². The molecule has 1 aromatic rings. The first-order chi connectivity index (χ1) is 5.68. The van der Waals surface area contributed by atoms with Crippen LogP contribution in [0.5, 0.6) is 0 Å². The van der Waals surface area contributed by atoms with E-state index >= 15 is 0 Å². The molecule has 0 saturated carbocycles. The molecule has 1 heteroatoms. The van der Waals surface area contributed by atoms with Crippen LogP contribution in [0.3, 0.4) is 0 Å². The molecule has 0 atom stereocenters. The zero-order valence-electron chi connectivity index (χ0n) is 7.05. The maximum Gasteiger partial charge on any atom is 0.0175 e. The van der Waals surface area contributed by atoms with E-state index in [0.29, 0.717) is 0 Å². The third-order valence-electron chi connectivity index (χ3n) is 1.43. The summed E-state index contributed by atoms with van der Waals surface area (Å²) in [5, 5.41) is 0. The summed E-state index contributed by atoms with van der Waals surface area (Å²) in [6.45, 7) is 5.77. The Labute approximate surface area is 81.7 Å². The molecule has 0 fully saturated rings. The Morgan fingerprint density at radius 1 is 1.33 bits per heavy atom. The van der Waals surface area contributed by atoms with Crippen molar-refractivity contribution in [3.8, 4) is 0 Å². The fraction of sp³-hybridized carbons (Fsp3) is 0.0909. The summed E-state index contributed by atoms with van der Waals surface area (Å²) in [7, 11) is 0. The lowest BCUT2D eigenvalue weighted by atomic mass is 10.2. The van der Waals surface area contributed by atoms with E-state index in [-0.39, 0.29) is 0 Å². The third kappa shape index (κ3) is 3.05. The first-order valence-electron chi connectivity index (χ1n) is 3.77. The molecule has 0 aliphatic carbocycles. The van der Waals surface area contributed by atoms with Crippen LogP contribution in [-0.4, -0.2) is 0 Å². The second kappa shape index (κ2) is 4.27. The number of benzene rings is 1. The number of rotatable bonds is 2. The highest BCUT2D eigenvalue weighted by Gasteiger charge is 1.86. The van der Waals surface area contributed by atoms with Gasteiger partial charge < -0.3 is 0 Å². The molecular formula is C11H11Br. The molecule has 0 saturated heterocycles. The third-order valence-corrected chi connectivity index (χ3v) is 1.96. The average molecular weight is 223 g/mol. The normalized spacial score (nSPS) is 10.5. The van der Waals surface area contributed by atoms with Gasteiger partial charge in [-0.25, -0.2) is 0 Å². The molecule has 0 radical (unpaired) electrons. The van der Waals surface area contributed by atoms with Crippen molar-refractivity contribution in [2.24, 2.45) is 0 Å². The van der Waals surface area contributed by atoms with Crippen molar-refractivity contribution in [1.29, 1.82) is 0 Å². The fourth-order valence-electron chi connectivity index (χ4n) is 0.812. The minimum atomic E-state index is 1.07. The summed E-state index contributed by atoms with van der Waals surface area (Å²) in [6, 6.07) is 8.17. The number of hydrogen-bond donors (Lipinski definition) is 0. The van der Waals surface area contributed by atoms with Gasteiger partial charge >= 0.3 is 0 Å². The van der Waals surface area contributed by atoms with E-state index in [1.807, 2.05) is 25.1 Å². The van der Waals surface area contributed by atoms with Crippen LogP contribution in [0.25, 0.3) is 6.08 Å². The van der Waals surface area contributed by atoms with Gasteiger partial charge in [0, 0.05) is 4.47 Å². The van der Waals surface area contributed by atoms with E-state index in [0.717, 1.165) is 10.0 Å². The average Bonchev–Trinajstić information content (AvgIpc) is 2.03. The van der Waals surface area contributed by atoms with Crippen LogP contribution in [-0.2, 0) is 0 Å². The minimum Gasteiger partial charge on any atom is -0.0961 e. The Morgan fingerprint density at radius 2 is 1.92 bits per heavy atom. The van der Waals surface area contributed by atoms with Gasteiger partial charge in [0.05, 0.1) is 0 Å². The van der Waals surface area contributed by atoms with Gasteiger partial charge in [-0.2, -0.15) is 0 Å². The summed E-state index contributed by atoms with van der Waals surface area (Å²) >= 11 is 3.38. The molecular weight excluding hydrogens is 212 g/mol. The van der Waals surface area contributed by atoms with Crippen LogP contribution in [0.1, 0.15) is 12.5 Å². The van der Waals surface area contributed by atoms with E-state index in [1.165, 1.54) is 5.56 Å². The number of hydrogen-bond acceptors (Lipinski definition) is 0. The predicted octanol–water partition coefficient (Wildman–Crippen LogP) is 4.04. The lowest BCUT2D eigenvalue weighted by Gasteiger charge is -1.93. The molecule has 62 valence electrons. The maximum absolute atomic E-state index is 3.79. The van der Waals surface area contributed by atoms with Crippen molar-refractivity contribution in [1.82, 2.24) is 0 Å². The zero-order chi connectivity index (χ0) is 8.97. The summed E-state index contributed by atoms with van der Waals surface area (Å²) in [5.74, 6) is 0. The quantitative estimate of drug-likeness (QED) is 0.663. The SMILES string of the molecule is C=C(C)/C=C/c1ccc(Br)cc1. The molecule has 1 rings (SSSR count). The highest BCUT2D eigenvalue weighted by Crippen LogP contribution is 2.11. The molecule has 0 aromatic heterocycles. The number of allylic oxidation sites excluding steroid dienone is 2. The Hall–Kier alpha value is -0.820. The van der Waals surface area contributed by atoms with Gasteiger partial charge in [-0.05, 0) is 24.6 Å². The van der Waals surface area contributed by atoms with Crippen molar-refractivity contribution < 1.29 is 0 Å². The van der Waals surface area contributed by atoms with Gasteiger partial charge in [0.2, 0.25) is 0 Å². The lowest BCUT2D eigenvalue weighted by molar-refractivity contribution is 1.56. The molecule has 0 unspecified atom stereocenters. The van der Waals surface area contributed by atoms with Crippen molar-refractivity contribution in [3.05, 3.63) is 52.5 Å². The molecule has 0 heterocycles. The maximum atomic E-state index is 3.79. The zero-order valence-corrected chi connectivity index (χ0v) is 8.64. The van der Waals surface area contributed by atoms with E-state index in [2.05, 4.69) is 40.7 Å². The molecule has 12 heavy (non-hydrogen) atoms. The molecule has 0 bridgehead atoms. The van der Waals surface area contributed by atoms with Crippen LogP contribution >= 0.6 is 15.9 Å². The van der Waals surface area contributed by atoms with Gasteiger partial charge in [0.25, 0.3) is 0 Å². The smallest absolute Gasteiger partial charge is 0.0175 e. The van der Waals surface area contributed by atoms with Crippen LogP contribution in [0.4, 0.5) is 0 Å².